The summed E-state index contributed by atoms with van der Waals surface area (Å²) in [6.45, 7) is 0.546. The molecular formula is C15H18N4O. The van der Waals surface area contributed by atoms with Crippen molar-refractivity contribution in [3.05, 3.63) is 54.4 Å². The summed E-state index contributed by atoms with van der Waals surface area (Å²) in [4.78, 5) is 6.54. The van der Waals surface area contributed by atoms with E-state index in [4.69, 9.17) is 4.74 Å². The van der Waals surface area contributed by atoms with Gasteiger partial charge >= 0.3 is 0 Å². The summed E-state index contributed by atoms with van der Waals surface area (Å²) >= 11 is 0. The Hall–Kier alpha value is -2.27. The number of guanidine groups is 1. The van der Waals surface area contributed by atoms with E-state index in [-0.39, 0.29) is 6.17 Å². The van der Waals surface area contributed by atoms with Crippen LogP contribution < -0.4 is 10.6 Å². The van der Waals surface area contributed by atoms with E-state index in [1.165, 1.54) is 5.57 Å². The molecule has 0 aromatic heterocycles. The van der Waals surface area contributed by atoms with Crippen molar-refractivity contribution in [3.8, 4) is 0 Å². The highest BCUT2D eigenvalue weighted by Gasteiger charge is 2.26. The minimum Gasteiger partial charge on any atom is -0.364 e. The molecule has 0 radical (unpaired) electrons. The number of para-hydroxylation sites is 1. The molecule has 0 bridgehead atoms. The van der Waals surface area contributed by atoms with Crippen LogP contribution in [0.3, 0.4) is 0 Å². The first kappa shape index (κ1) is 12.7. The van der Waals surface area contributed by atoms with Crippen molar-refractivity contribution in [3.63, 3.8) is 0 Å². The molecular weight excluding hydrogens is 252 g/mol. The van der Waals surface area contributed by atoms with Gasteiger partial charge in [-0.25, -0.2) is 4.99 Å². The Balaban J connectivity index is 1.74. The van der Waals surface area contributed by atoms with Crippen molar-refractivity contribution in [1.29, 1.82) is 0 Å². The van der Waals surface area contributed by atoms with Gasteiger partial charge in [-0.05, 0) is 30.3 Å². The molecule has 20 heavy (non-hydrogen) atoms. The Labute approximate surface area is 118 Å². The third kappa shape index (κ3) is 2.67. The van der Waals surface area contributed by atoms with Gasteiger partial charge < -0.3 is 20.3 Å². The maximum atomic E-state index is 5.23. The third-order valence-electron chi connectivity index (χ3n) is 3.28. The zero-order valence-corrected chi connectivity index (χ0v) is 11.4. The van der Waals surface area contributed by atoms with Gasteiger partial charge in [-0.3, -0.25) is 0 Å². The summed E-state index contributed by atoms with van der Waals surface area (Å²) in [5.41, 5.74) is 2.25. The molecule has 0 saturated heterocycles. The Morgan fingerprint density at radius 2 is 2.25 bits per heavy atom. The fourth-order valence-electron chi connectivity index (χ4n) is 2.34. The van der Waals surface area contributed by atoms with Crippen LogP contribution in [0, 0.1) is 0 Å². The summed E-state index contributed by atoms with van der Waals surface area (Å²) < 4.78 is 5.23. The van der Waals surface area contributed by atoms with E-state index >= 15 is 0 Å². The maximum absolute atomic E-state index is 5.23. The Morgan fingerprint density at radius 1 is 1.40 bits per heavy atom. The van der Waals surface area contributed by atoms with Crippen molar-refractivity contribution >= 4 is 11.6 Å². The maximum Gasteiger partial charge on any atom is 0.202 e. The molecule has 0 amide bonds. The van der Waals surface area contributed by atoms with Gasteiger partial charge in [0.2, 0.25) is 5.96 Å². The second-order valence-electron chi connectivity index (χ2n) is 4.74. The van der Waals surface area contributed by atoms with Crippen molar-refractivity contribution in [1.82, 2.24) is 10.2 Å². The number of rotatable bonds is 3. The lowest BCUT2D eigenvalue weighted by Gasteiger charge is -2.37. The molecule has 2 N–H and O–H groups in total. The quantitative estimate of drug-likeness (QED) is 0.883. The van der Waals surface area contributed by atoms with Crippen molar-refractivity contribution in [2.75, 3.05) is 19.2 Å². The molecule has 1 atom stereocenters. The summed E-state index contributed by atoms with van der Waals surface area (Å²) in [6, 6.07) is 10.0. The van der Waals surface area contributed by atoms with Crippen LogP contribution in [-0.2, 0) is 4.74 Å². The summed E-state index contributed by atoms with van der Waals surface area (Å²) in [5.74, 6) is 0.751. The highest BCUT2D eigenvalue weighted by Crippen LogP contribution is 2.21. The Kier molecular flexibility index (Phi) is 3.69. The average Bonchev–Trinajstić information content (AvgIpc) is 2.49. The first-order valence-electron chi connectivity index (χ1n) is 6.63. The van der Waals surface area contributed by atoms with Crippen LogP contribution in [0.25, 0.3) is 0 Å². The van der Waals surface area contributed by atoms with Crippen LogP contribution in [-0.4, -0.2) is 30.9 Å². The lowest BCUT2D eigenvalue weighted by atomic mass is 10.1. The number of hydrogen-bond acceptors (Lipinski definition) is 5. The normalized spacial score (nSPS) is 20.6. The van der Waals surface area contributed by atoms with Crippen molar-refractivity contribution < 1.29 is 4.74 Å². The molecule has 1 aromatic carbocycles. The van der Waals surface area contributed by atoms with Gasteiger partial charge in [0, 0.05) is 19.0 Å². The molecule has 104 valence electrons. The highest BCUT2D eigenvalue weighted by atomic mass is 16.5. The number of nitrogens with zero attached hydrogens (tertiary/aromatic N) is 2. The fraction of sp³-hybridized carbons (Fsp3) is 0.267. The predicted octanol–water partition coefficient (Wildman–Crippen LogP) is 2.09. The molecule has 2 aliphatic heterocycles. The van der Waals surface area contributed by atoms with Crippen LogP contribution >= 0.6 is 0 Å². The van der Waals surface area contributed by atoms with Gasteiger partial charge in [0.05, 0.1) is 0 Å². The van der Waals surface area contributed by atoms with E-state index in [0.717, 1.165) is 18.1 Å². The zero-order chi connectivity index (χ0) is 13.8. The molecule has 0 fully saturated rings. The number of nitrogens with one attached hydrogen (secondary N) is 2. The molecule has 0 aliphatic carbocycles. The number of methoxy groups -OCH3 is 1. The number of allylic oxidation sites excluding steroid dienone is 1. The molecule has 0 spiro atoms. The second kappa shape index (κ2) is 5.79. The standard InChI is InChI=1S/C15H18N4O/c1-20-11-19-9-5-6-12-10-16-15(18-14(12)19)17-13-7-3-2-4-8-13/h2-5,7-10,14H,6,11H2,1H3,(H2,16,17,18). The third-order valence-corrected chi connectivity index (χ3v) is 3.28. The number of fused-ring (bicyclic) bond motifs is 1. The van der Waals surface area contributed by atoms with E-state index in [1.807, 2.05) is 36.5 Å². The lowest BCUT2D eigenvalue weighted by Crippen LogP contribution is -2.52. The van der Waals surface area contributed by atoms with Gasteiger partial charge in [0.25, 0.3) is 0 Å². The molecule has 5 heteroatoms. The summed E-state index contributed by atoms with van der Waals surface area (Å²) in [5, 5.41) is 6.68. The van der Waals surface area contributed by atoms with Crippen LogP contribution in [0.2, 0.25) is 0 Å². The smallest absolute Gasteiger partial charge is 0.202 e. The molecule has 1 unspecified atom stereocenters. The topological polar surface area (TPSA) is 48.9 Å². The van der Waals surface area contributed by atoms with Gasteiger partial charge in [-0.15, -0.1) is 0 Å². The van der Waals surface area contributed by atoms with Crippen LogP contribution in [0.4, 0.5) is 5.69 Å². The Morgan fingerprint density at radius 3 is 3.05 bits per heavy atom. The number of hydrogen-bond donors (Lipinski definition) is 2. The van der Waals surface area contributed by atoms with E-state index in [1.54, 1.807) is 7.11 Å². The van der Waals surface area contributed by atoms with E-state index in [0.29, 0.717) is 6.73 Å². The predicted molar refractivity (Wildman–Crippen MR) is 80.0 cm³/mol. The Bertz CT molecular complexity index is 550. The number of anilines is 1. The largest absolute Gasteiger partial charge is 0.364 e. The summed E-state index contributed by atoms with van der Waals surface area (Å²) in [6.07, 6.45) is 7.13. The van der Waals surface area contributed by atoms with Crippen LogP contribution in [0.15, 0.2) is 59.4 Å². The monoisotopic (exact) mass is 270 g/mol. The van der Waals surface area contributed by atoms with E-state index in [9.17, 15) is 0 Å². The molecule has 2 heterocycles. The van der Waals surface area contributed by atoms with Gasteiger partial charge in [-0.2, -0.15) is 0 Å². The minimum atomic E-state index is 0.101. The molecule has 3 rings (SSSR count). The van der Waals surface area contributed by atoms with Gasteiger partial charge in [0.15, 0.2) is 0 Å². The van der Waals surface area contributed by atoms with E-state index in [2.05, 4.69) is 32.8 Å². The first-order valence-corrected chi connectivity index (χ1v) is 6.63. The van der Waals surface area contributed by atoms with Crippen LogP contribution in [0.1, 0.15) is 6.42 Å². The van der Waals surface area contributed by atoms with Crippen molar-refractivity contribution in [2.45, 2.75) is 12.6 Å². The number of ether oxygens (including phenoxy) is 1. The average molecular weight is 270 g/mol. The fourth-order valence-corrected chi connectivity index (χ4v) is 2.34. The minimum absolute atomic E-state index is 0.101. The first-order chi connectivity index (χ1) is 9.86. The lowest BCUT2D eigenvalue weighted by molar-refractivity contribution is 0.0702. The second-order valence-corrected chi connectivity index (χ2v) is 4.74. The zero-order valence-electron chi connectivity index (χ0n) is 11.4. The summed E-state index contributed by atoms with van der Waals surface area (Å²) in [7, 11) is 1.70. The molecule has 2 aliphatic rings. The van der Waals surface area contributed by atoms with Crippen LogP contribution in [0.5, 0.6) is 0 Å². The van der Waals surface area contributed by atoms with Gasteiger partial charge in [-0.1, -0.05) is 24.3 Å². The van der Waals surface area contributed by atoms with E-state index < -0.39 is 0 Å². The SMILES string of the molecule is COCN1C=CCC2=CN=C(Nc3ccccc3)NC21. The highest BCUT2D eigenvalue weighted by molar-refractivity contribution is 5.95. The molecule has 1 aromatic rings. The number of benzene rings is 1. The molecule has 0 saturated carbocycles. The van der Waals surface area contributed by atoms with Crippen molar-refractivity contribution in [2.24, 2.45) is 4.99 Å². The molecule has 5 nitrogen and oxygen atoms in total. The van der Waals surface area contributed by atoms with Gasteiger partial charge in [0.1, 0.15) is 12.9 Å². The number of aliphatic imine (C=N–C) groups is 1.